The molecule has 0 spiro atoms. The van der Waals surface area contributed by atoms with Crippen LogP contribution in [-0.2, 0) is 24.4 Å². The Morgan fingerprint density at radius 3 is 2.87 bits per heavy atom. The van der Waals surface area contributed by atoms with Crippen LogP contribution < -0.4 is 0 Å². The summed E-state index contributed by atoms with van der Waals surface area (Å²) in [7, 11) is 0. The molecule has 23 heavy (non-hydrogen) atoms. The number of nitrogens with zero attached hydrogens (tertiary/aromatic N) is 3. The van der Waals surface area contributed by atoms with Crippen molar-refractivity contribution >= 4 is 16.8 Å². The van der Waals surface area contributed by atoms with Crippen LogP contribution in [0.15, 0.2) is 48.7 Å². The molecule has 0 unspecified atom stereocenters. The molecule has 0 aliphatic carbocycles. The first-order valence-corrected chi connectivity index (χ1v) is 7.66. The van der Waals surface area contributed by atoms with Gasteiger partial charge in [-0.05, 0) is 29.3 Å². The number of rotatable bonds is 3. The molecule has 0 atom stereocenters. The molecule has 3 aromatic rings. The Hall–Kier alpha value is -2.69. The van der Waals surface area contributed by atoms with Crippen molar-refractivity contribution in [3.8, 4) is 0 Å². The van der Waals surface area contributed by atoms with E-state index in [9.17, 15) is 9.18 Å². The van der Waals surface area contributed by atoms with Crippen LogP contribution in [0.2, 0.25) is 0 Å². The Morgan fingerprint density at radius 1 is 1.13 bits per heavy atom. The summed E-state index contributed by atoms with van der Waals surface area (Å²) in [5.74, 6) is -0.178. The highest BCUT2D eigenvalue weighted by Crippen LogP contribution is 2.24. The SMILES string of the molecule is O=C(CCn1ncc2ccccc21)N1Cc2ccc(F)cc2C1. The molecule has 0 fully saturated rings. The first kappa shape index (κ1) is 13.9. The summed E-state index contributed by atoms with van der Waals surface area (Å²) in [6.07, 6.45) is 2.20. The fraction of sp³-hybridized carbons (Fsp3) is 0.222. The van der Waals surface area contributed by atoms with Crippen molar-refractivity contribution in [1.82, 2.24) is 14.7 Å². The van der Waals surface area contributed by atoms with E-state index >= 15 is 0 Å². The van der Waals surface area contributed by atoms with Crippen molar-refractivity contribution in [3.05, 3.63) is 65.6 Å². The summed E-state index contributed by atoms with van der Waals surface area (Å²) in [6.45, 7) is 1.60. The predicted octanol–water partition coefficient (Wildman–Crippen LogP) is 3.11. The van der Waals surface area contributed by atoms with E-state index in [-0.39, 0.29) is 11.7 Å². The largest absolute Gasteiger partial charge is 0.334 e. The molecule has 0 bridgehead atoms. The van der Waals surface area contributed by atoms with Gasteiger partial charge in [0.1, 0.15) is 5.82 Å². The third-order valence-corrected chi connectivity index (χ3v) is 4.33. The molecule has 5 heteroatoms. The average molecular weight is 309 g/mol. The molecule has 4 rings (SSSR count). The number of hydrogen-bond donors (Lipinski definition) is 0. The van der Waals surface area contributed by atoms with Gasteiger partial charge >= 0.3 is 0 Å². The van der Waals surface area contributed by atoms with E-state index in [0.29, 0.717) is 26.1 Å². The minimum absolute atomic E-state index is 0.0705. The topological polar surface area (TPSA) is 38.1 Å². The molecule has 116 valence electrons. The van der Waals surface area contributed by atoms with Crippen LogP contribution in [-0.4, -0.2) is 20.6 Å². The fourth-order valence-electron chi connectivity index (χ4n) is 3.10. The summed E-state index contributed by atoms with van der Waals surface area (Å²) in [4.78, 5) is 14.2. The average Bonchev–Trinajstić information content (AvgIpc) is 3.16. The standard InChI is InChI=1S/C18H16FN3O/c19-16-6-5-14-11-21(12-15(14)9-16)18(23)7-8-22-17-4-2-1-3-13(17)10-20-22/h1-6,9-10H,7-8,11-12H2. The number of carbonyl (C=O) groups is 1. The van der Waals surface area contributed by atoms with Crippen molar-refractivity contribution < 1.29 is 9.18 Å². The molecular weight excluding hydrogens is 293 g/mol. The van der Waals surface area contributed by atoms with E-state index in [1.807, 2.05) is 35.1 Å². The molecule has 0 saturated heterocycles. The van der Waals surface area contributed by atoms with E-state index in [1.54, 1.807) is 11.0 Å². The van der Waals surface area contributed by atoms with Gasteiger partial charge in [0.05, 0.1) is 18.3 Å². The number of para-hydroxylation sites is 1. The predicted molar refractivity (Wildman–Crippen MR) is 85.0 cm³/mol. The van der Waals surface area contributed by atoms with Gasteiger partial charge in [0, 0.05) is 24.9 Å². The van der Waals surface area contributed by atoms with Gasteiger partial charge < -0.3 is 4.90 Å². The van der Waals surface area contributed by atoms with Crippen LogP contribution >= 0.6 is 0 Å². The Bertz CT molecular complexity index is 887. The number of fused-ring (bicyclic) bond motifs is 2. The van der Waals surface area contributed by atoms with E-state index in [2.05, 4.69) is 5.10 Å². The van der Waals surface area contributed by atoms with Gasteiger partial charge in [-0.2, -0.15) is 5.10 Å². The van der Waals surface area contributed by atoms with Gasteiger partial charge in [-0.15, -0.1) is 0 Å². The Balaban J connectivity index is 1.43. The lowest BCUT2D eigenvalue weighted by atomic mass is 10.1. The Morgan fingerprint density at radius 2 is 1.96 bits per heavy atom. The van der Waals surface area contributed by atoms with Gasteiger partial charge in [0.15, 0.2) is 0 Å². The van der Waals surface area contributed by atoms with Gasteiger partial charge in [-0.25, -0.2) is 4.39 Å². The molecular formula is C18H16FN3O. The first-order chi connectivity index (χ1) is 11.2. The maximum Gasteiger partial charge on any atom is 0.225 e. The zero-order valence-corrected chi connectivity index (χ0v) is 12.6. The number of benzene rings is 2. The van der Waals surface area contributed by atoms with Gasteiger partial charge in [-0.3, -0.25) is 9.48 Å². The van der Waals surface area contributed by atoms with E-state index in [4.69, 9.17) is 0 Å². The van der Waals surface area contributed by atoms with Gasteiger partial charge in [0.2, 0.25) is 5.91 Å². The van der Waals surface area contributed by atoms with E-state index < -0.39 is 0 Å². The molecule has 4 nitrogen and oxygen atoms in total. The summed E-state index contributed by atoms with van der Waals surface area (Å²) in [6, 6.07) is 12.7. The van der Waals surface area contributed by atoms with E-state index in [1.165, 1.54) is 12.1 Å². The second-order valence-corrected chi connectivity index (χ2v) is 5.84. The third kappa shape index (κ3) is 2.59. The smallest absolute Gasteiger partial charge is 0.225 e. The highest BCUT2D eigenvalue weighted by atomic mass is 19.1. The van der Waals surface area contributed by atoms with Crippen LogP contribution in [0.1, 0.15) is 17.5 Å². The number of carbonyl (C=O) groups excluding carboxylic acids is 1. The molecule has 1 amide bonds. The second kappa shape index (κ2) is 5.50. The Kier molecular flexibility index (Phi) is 3.33. The Labute approximate surface area is 133 Å². The van der Waals surface area contributed by atoms with Gasteiger partial charge in [0.25, 0.3) is 0 Å². The summed E-state index contributed by atoms with van der Waals surface area (Å²) in [5, 5.41) is 5.41. The molecule has 1 aliphatic heterocycles. The minimum atomic E-state index is -0.249. The zero-order valence-electron chi connectivity index (χ0n) is 12.6. The third-order valence-electron chi connectivity index (χ3n) is 4.33. The lowest BCUT2D eigenvalue weighted by Crippen LogP contribution is -2.26. The van der Waals surface area contributed by atoms with Crippen LogP contribution in [0.25, 0.3) is 10.9 Å². The van der Waals surface area contributed by atoms with Crippen LogP contribution in [0.4, 0.5) is 4.39 Å². The minimum Gasteiger partial charge on any atom is -0.334 e. The highest BCUT2D eigenvalue weighted by Gasteiger charge is 2.23. The fourth-order valence-corrected chi connectivity index (χ4v) is 3.10. The highest BCUT2D eigenvalue weighted by molar-refractivity contribution is 5.79. The lowest BCUT2D eigenvalue weighted by molar-refractivity contribution is -0.132. The van der Waals surface area contributed by atoms with Crippen LogP contribution in [0, 0.1) is 5.82 Å². The summed E-state index contributed by atoms with van der Waals surface area (Å²) in [5.41, 5.74) is 2.97. The van der Waals surface area contributed by atoms with E-state index in [0.717, 1.165) is 22.0 Å². The summed E-state index contributed by atoms with van der Waals surface area (Å²) >= 11 is 0. The molecule has 0 radical (unpaired) electrons. The van der Waals surface area contributed by atoms with Crippen LogP contribution in [0.3, 0.4) is 0 Å². The zero-order chi connectivity index (χ0) is 15.8. The molecule has 1 aromatic heterocycles. The number of aromatic nitrogens is 2. The number of aryl methyl sites for hydroxylation is 1. The van der Waals surface area contributed by atoms with Crippen molar-refractivity contribution in [3.63, 3.8) is 0 Å². The number of halogens is 1. The summed E-state index contributed by atoms with van der Waals surface area (Å²) < 4.78 is 15.1. The van der Waals surface area contributed by atoms with Crippen molar-refractivity contribution in [1.29, 1.82) is 0 Å². The molecule has 1 aliphatic rings. The monoisotopic (exact) mass is 309 g/mol. The quantitative estimate of drug-likeness (QED) is 0.745. The molecule has 0 N–H and O–H groups in total. The number of amides is 1. The molecule has 2 aromatic carbocycles. The maximum absolute atomic E-state index is 13.3. The second-order valence-electron chi connectivity index (χ2n) is 5.84. The normalized spacial score (nSPS) is 13.5. The first-order valence-electron chi connectivity index (χ1n) is 7.66. The molecule has 2 heterocycles. The lowest BCUT2D eigenvalue weighted by Gasteiger charge is -2.15. The molecule has 0 saturated carbocycles. The maximum atomic E-state index is 13.3. The van der Waals surface area contributed by atoms with Crippen molar-refractivity contribution in [2.45, 2.75) is 26.1 Å². The van der Waals surface area contributed by atoms with Gasteiger partial charge in [-0.1, -0.05) is 24.3 Å². The van der Waals surface area contributed by atoms with Crippen molar-refractivity contribution in [2.24, 2.45) is 0 Å². The number of hydrogen-bond acceptors (Lipinski definition) is 2. The van der Waals surface area contributed by atoms with Crippen LogP contribution in [0.5, 0.6) is 0 Å². The van der Waals surface area contributed by atoms with Crippen molar-refractivity contribution in [2.75, 3.05) is 0 Å².